The van der Waals surface area contributed by atoms with Gasteiger partial charge in [0.2, 0.25) is 5.91 Å². The van der Waals surface area contributed by atoms with Crippen molar-refractivity contribution in [2.45, 2.75) is 20.8 Å². The fourth-order valence-corrected chi connectivity index (χ4v) is 0.894. The van der Waals surface area contributed by atoms with Crippen molar-refractivity contribution >= 4 is 11.7 Å². The lowest BCUT2D eigenvalue weighted by atomic mass is 10.3. The molecular formula is C9H13N3O. The molecule has 0 fully saturated rings. The van der Waals surface area contributed by atoms with Crippen LogP contribution >= 0.6 is 0 Å². The van der Waals surface area contributed by atoms with Crippen LogP contribution in [0.2, 0.25) is 0 Å². The van der Waals surface area contributed by atoms with Crippen molar-refractivity contribution in [2.24, 2.45) is 0 Å². The van der Waals surface area contributed by atoms with Gasteiger partial charge in [0, 0.05) is 11.6 Å². The number of anilines is 1. The van der Waals surface area contributed by atoms with Gasteiger partial charge in [-0.2, -0.15) is 5.10 Å². The lowest BCUT2D eigenvalue weighted by Gasteiger charge is -1.99. The zero-order valence-corrected chi connectivity index (χ0v) is 8.01. The van der Waals surface area contributed by atoms with Crippen LogP contribution in [0.4, 0.5) is 5.82 Å². The number of hydrogen-bond acceptors (Lipinski definition) is 2. The molecule has 0 atom stereocenters. The van der Waals surface area contributed by atoms with E-state index in [0.717, 1.165) is 11.1 Å². The summed E-state index contributed by atoms with van der Waals surface area (Å²) in [5, 5.41) is 9.18. The Balaban J connectivity index is 2.66. The summed E-state index contributed by atoms with van der Waals surface area (Å²) in [6.07, 6.45) is 3.21. The fourth-order valence-electron chi connectivity index (χ4n) is 0.894. The Kier molecular flexibility index (Phi) is 2.84. The Morgan fingerprint density at radius 1 is 1.62 bits per heavy atom. The second kappa shape index (κ2) is 3.89. The third-order valence-electron chi connectivity index (χ3n) is 1.50. The van der Waals surface area contributed by atoms with Gasteiger partial charge in [0.1, 0.15) is 5.82 Å². The molecule has 0 unspecified atom stereocenters. The molecule has 2 N–H and O–H groups in total. The number of carbonyl (C=O) groups is 1. The van der Waals surface area contributed by atoms with Gasteiger partial charge >= 0.3 is 0 Å². The smallest absolute Gasteiger partial charge is 0.249 e. The molecule has 0 saturated carbocycles. The van der Waals surface area contributed by atoms with Gasteiger partial charge in [-0.3, -0.25) is 9.89 Å². The lowest BCUT2D eigenvalue weighted by molar-refractivity contribution is -0.112. The van der Waals surface area contributed by atoms with Crippen LogP contribution in [-0.4, -0.2) is 16.1 Å². The molecule has 1 aromatic rings. The van der Waals surface area contributed by atoms with Crippen molar-refractivity contribution < 1.29 is 4.79 Å². The van der Waals surface area contributed by atoms with Crippen LogP contribution in [0.3, 0.4) is 0 Å². The Hall–Kier alpha value is -1.58. The van der Waals surface area contributed by atoms with Crippen molar-refractivity contribution in [2.75, 3.05) is 5.32 Å². The predicted octanol–water partition coefficient (Wildman–Crippen LogP) is 1.62. The second-order valence-electron chi connectivity index (χ2n) is 3.14. The summed E-state index contributed by atoms with van der Waals surface area (Å²) >= 11 is 0. The Morgan fingerprint density at radius 3 is 2.77 bits per heavy atom. The van der Waals surface area contributed by atoms with E-state index < -0.39 is 0 Å². The van der Waals surface area contributed by atoms with Gasteiger partial charge in [-0.1, -0.05) is 5.57 Å². The first-order chi connectivity index (χ1) is 6.09. The number of nitrogens with one attached hydrogen (secondary N) is 2. The zero-order valence-electron chi connectivity index (χ0n) is 8.01. The molecule has 0 aliphatic carbocycles. The average molecular weight is 179 g/mol. The van der Waals surface area contributed by atoms with Crippen molar-refractivity contribution in [1.82, 2.24) is 10.2 Å². The van der Waals surface area contributed by atoms with E-state index in [0.29, 0.717) is 5.82 Å². The number of carbonyl (C=O) groups excluding carboxylic acids is 1. The number of rotatable bonds is 2. The van der Waals surface area contributed by atoms with Crippen LogP contribution in [0.1, 0.15) is 19.4 Å². The summed E-state index contributed by atoms with van der Waals surface area (Å²) in [6.45, 7) is 5.63. The minimum absolute atomic E-state index is 0.132. The molecule has 13 heavy (non-hydrogen) atoms. The average Bonchev–Trinajstić information content (AvgIpc) is 2.34. The molecule has 4 nitrogen and oxygen atoms in total. The number of amides is 1. The highest BCUT2D eigenvalue weighted by Crippen LogP contribution is 2.08. The SMILES string of the molecule is CC(C)=CC(=O)Nc1[nH]ncc1C. The van der Waals surface area contributed by atoms with Crippen LogP contribution in [0.5, 0.6) is 0 Å². The van der Waals surface area contributed by atoms with E-state index in [1.807, 2.05) is 20.8 Å². The predicted molar refractivity (Wildman–Crippen MR) is 51.4 cm³/mol. The number of aromatic nitrogens is 2. The number of aromatic amines is 1. The maximum absolute atomic E-state index is 11.2. The molecule has 0 bridgehead atoms. The summed E-state index contributed by atoms with van der Waals surface area (Å²) in [5.74, 6) is 0.523. The summed E-state index contributed by atoms with van der Waals surface area (Å²) in [4.78, 5) is 11.2. The summed E-state index contributed by atoms with van der Waals surface area (Å²) in [5.41, 5.74) is 1.89. The van der Waals surface area contributed by atoms with Crippen LogP contribution < -0.4 is 5.32 Å². The molecule has 1 amide bonds. The molecule has 0 aliphatic heterocycles. The third kappa shape index (κ3) is 2.74. The summed E-state index contributed by atoms with van der Waals surface area (Å²) in [6, 6.07) is 0. The van der Waals surface area contributed by atoms with Crippen LogP contribution in [-0.2, 0) is 4.79 Å². The highest BCUT2D eigenvalue weighted by molar-refractivity contribution is 5.99. The van der Waals surface area contributed by atoms with E-state index in [4.69, 9.17) is 0 Å². The van der Waals surface area contributed by atoms with Gasteiger partial charge in [0.15, 0.2) is 0 Å². The monoisotopic (exact) mass is 179 g/mol. The Morgan fingerprint density at radius 2 is 2.31 bits per heavy atom. The van der Waals surface area contributed by atoms with Crippen molar-refractivity contribution in [3.63, 3.8) is 0 Å². The molecule has 0 aliphatic rings. The number of hydrogen-bond donors (Lipinski definition) is 2. The molecule has 0 saturated heterocycles. The van der Waals surface area contributed by atoms with Gasteiger partial charge in [0.05, 0.1) is 6.20 Å². The minimum Gasteiger partial charge on any atom is -0.307 e. The molecular weight excluding hydrogens is 166 g/mol. The zero-order chi connectivity index (χ0) is 9.84. The van der Waals surface area contributed by atoms with E-state index >= 15 is 0 Å². The number of allylic oxidation sites excluding steroid dienone is 1. The largest absolute Gasteiger partial charge is 0.307 e. The van der Waals surface area contributed by atoms with Crippen LogP contribution in [0.25, 0.3) is 0 Å². The second-order valence-corrected chi connectivity index (χ2v) is 3.14. The van der Waals surface area contributed by atoms with E-state index in [-0.39, 0.29) is 5.91 Å². The fraction of sp³-hybridized carbons (Fsp3) is 0.333. The standard InChI is InChI=1S/C9H13N3O/c1-6(2)4-8(13)11-9-7(3)5-10-12-9/h4-5H,1-3H3,(H2,10,11,12,13). The van der Waals surface area contributed by atoms with E-state index in [1.165, 1.54) is 0 Å². The maximum Gasteiger partial charge on any atom is 0.249 e. The first-order valence-electron chi connectivity index (χ1n) is 4.05. The van der Waals surface area contributed by atoms with Gasteiger partial charge < -0.3 is 5.32 Å². The van der Waals surface area contributed by atoms with Crippen molar-refractivity contribution in [3.8, 4) is 0 Å². The highest BCUT2D eigenvalue weighted by Gasteiger charge is 2.02. The number of nitrogens with zero attached hydrogens (tertiary/aromatic N) is 1. The lowest BCUT2D eigenvalue weighted by Crippen LogP contribution is -2.09. The normalized spacial score (nSPS) is 9.46. The van der Waals surface area contributed by atoms with E-state index in [9.17, 15) is 4.79 Å². The molecule has 1 rings (SSSR count). The van der Waals surface area contributed by atoms with Gasteiger partial charge in [-0.15, -0.1) is 0 Å². The first kappa shape index (κ1) is 9.51. The number of aryl methyl sites for hydroxylation is 1. The Bertz CT molecular complexity index is 334. The molecule has 0 radical (unpaired) electrons. The molecule has 70 valence electrons. The highest BCUT2D eigenvalue weighted by atomic mass is 16.1. The quantitative estimate of drug-likeness (QED) is 0.678. The minimum atomic E-state index is -0.132. The molecule has 0 spiro atoms. The van der Waals surface area contributed by atoms with Gasteiger partial charge in [-0.25, -0.2) is 0 Å². The molecule has 1 aromatic heterocycles. The van der Waals surface area contributed by atoms with Crippen LogP contribution in [0, 0.1) is 6.92 Å². The van der Waals surface area contributed by atoms with Crippen molar-refractivity contribution in [3.05, 3.63) is 23.4 Å². The van der Waals surface area contributed by atoms with Gasteiger partial charge in [0.25, 0.3) is 0 Å². The van der Waals surface area contributed by atoms with Gasteiger partial charge in [-0.05, 0) is 20.8 Å². The van der Waals surface area contributed by atoms with E-state index in [2.05, 4.69) is 15.5 Å². The first-order valence-corrected chi connectivity index (χ1v) is 4.05. The maximum atomic E-state index is 11.2. The molecule has 1 heterocycles. The Labute approximate surface area is 77.0 Å². The summed E-state index contributed by atoms with van der Waals surface area (Å²) in [7, 11) is 0. The topological polar surface area (TPSA) is 57.8 Å². The van der Waals surface area contributed by atoms with E-state index in [1.54, 1.807) is 12.3 Å². The van der Waals surface area contributed by atoms with Crippen LogP contribution in [0.15, 0.2) is 17.8 Å². The molecule has 0 aromatic carbocycles. The third-order valence-corrected chi connectivity index (χ3v) is 1.50. The summed E-state index contributed by atoms with van der Waals surface area (Å²) < 4.78 is 0. The number of H-pyrrole nitrogens is 1. The van der Waals surface area contributed by atoms with Crippen molar-refractivity contribution in [1.29, 1.82) is 0 Å². The molecule has 4 heteroatoms.